The third kappa shape index (κ3) is 4.39. The third-order valence-corrected chi connectivity index (χ3v) is 4.19. The fourth-order valence-electron chi connectivity index (χ4n) is 1.99. The highest BCUT2D eigenvalue weighted by molar-refractivity contribution is 7.11. The molecule has 0 aliphatic rings. The van der Waals surface area contributed by atoms with Crippen LogP contribution in [-0.2, 0) is 13.0 Å². The molecular formula is C16H23N3S. The molecule has 0 bridgehead atoms. The zero-order valence-electron chi connectivity index (χ0n) is 12.7. The molecule has 0 aliphatic heterocycles. The molecule has 0 radical (unpaired) electrons. The fraction of sp³-hybridized carbons (Fsp3) is 0.500. The van der Waals surface area contributed by atoms with Gasteiger partial charge in [-0.15, -0.1) is 10.2 Å². The summed E-state index contributed by atoms with van der Waals surface area (Å²) in [5, 5.41) is 14.1. The lowest BCUT2D eigenvalue weighted by molar-refractivity contribution is 0.550. The maximum absolute atomic E-state index is 4.29. The highest BCUT2D eigenvalue weighted by Gasteiger charge is 2.06. The summed E-state index contributed by atoms with van der Waals surface area (Å²) in [7, 11) is 0. The van der Waals surface area contributed by atoms with Crippen molar-refractivity contribution in [2.45, 2.75) is 40.7 Å². The molecule has 108 valence electrons. The standard InChI is InChI=1S/C16H23N3S/c1-11(2)9-17-10-16-19-18-15(20-16)8-14-6-5-12(3)13(4)7-14/h5-7,11,17H,8-10H2,1-4H3. The third-order valence-electron chi connectivity index (χ3n) is 3.26. The molecule has 4 heteroatoms. The molecule has 0 saturated heterocycles. The first-order valence-corrected chi connectivity index (χ1v) is 7.94. The Morgan fingerprint density at radius 1 is 1.10 bits per heavy atom. The van der Waals surface area contributed by atoms with Crippen molar-refractivity contribution in [1.29, 1.82) is 0 Å². The van der Waals surface area contributed by atoms with Gasteiger partial charge in [0.25, 0.3) is 0 Å². The first-order chi connectivity index (χ1) is 9.54. The van der Waals surface area contributed by atoms with Gasteiger partial charge in [-0.05, 0) is 43.0 Å². The Kier molecular flexibility index (Phi) is 5.26. The topological polar surface area (TPSA) is 37.8 Å². The molecule has 1 aromatic heterocycles. The van der Waals surface area contributed by atoms with E-state index in [1.165, 1.54) is 16.7 Å². The van der Waals surface area contributed by atoms with Crippen molar-refractivity contribution in [2.24, 2.45) is 5.92 Å². The van der Waals surface area contributed by atoms with Gasteiger partial charge in [0, 0.05) is 13.0 Å². The lowest BCUT2D eigenvalue weighted by Crippen LogP contribution is -2.18. The van der Waals surface area contributed by atoms with Gasteiger partial charge in [-0.2, -0.15) is 0 Å². The van der Waals surface area contributed by atoms with Crippen LogP contribution in [0.1, 0.15) is 40.6 Å². The molecule has 0 fully saturated rings. The summed E-state index contributed by atoms with van der Waals surface area (Å²) >= 11 is 1.70. The predicted molar refractivity (Wildman–Crippen MR) is 85.2 cm³/mol. The van der Waals surface area contributed by atoms with E-state index in [0.29, 0.717) is 5.92 Å². The van der Waals surface area contributed by atoms with Crippen LogP contribution in [-0.4, -0.2) is 16.7 Å². The van der Waals surface area contributed by atoms with E-state index in [0.717, 1.165) is 29.5 Å². The van der Waals surface area contributed by atoms with Crippen LogP contribution >= 0.6 is 11.3 Å². The minimum Gasteiger partial charge on any atom is -0.310 e. The van der Waals surface area contributed by atoms with Gasteiger partial charge in [-0.1, -0.05) is 43.4 Å². The molecule has 2 aromatic rings. The molecule has 1 aromatic carbocycles. The molecule has 20 heavy (non-hydrogen) atoms. The minimum atomic E-state index is 0.665. The molecule has 3 nitrogen and oxygen atoms in total. The SMILES string of the molecule is Cc1ccc(Cc2nnc(CNCC(C)C)s2)cc1C. The first-order valence-electron chi connectivity index (χ1n) is 7.12. The van der Waals surface area contributed by atoms with Gasteiger partial charge in [0.05, 0.1) is 0 Å². The van der Waals surface area contributed by atoms with Crippen LogP contribution in [0.15, 0.2) is 18.2 Å². The molecule has 0 spiro atoms. The van der Waals surface area contributed by atoms with Crippen LogP contribution in [0.4, 0.5) is 0 Å². The quantitative estimate of drug-likeness (QED) is 0.884. The summed E-state index contributed by atoms with van der Waals surface area (Å²) in [6.45, 7) is 10.5. The molecule has 0 aliphatic carbocycles. The number of benzene rings is 1. The van der Waals surface area contributed by atoms with E-state index in [2.05, 4.69) is 61.4 Å². The Labute approximate surface area is 125 Å². The summed E-state index contributed by atoms with van der Waals surface area (Å²) in [5.41, 5.74) is 3.99. The van der Waals surface area contributed by atoms with E-state index in [1.54, 1.807) is 11.3 Å². The van der Waals surface area contributed by atoms with Crippen LogP contribution < -0.4 is 5.32 Å². The summed E-state index contributed by atoms with van der Waals surface area (Å²) < 4.78 is 0. The lowest BCUT2D eigenvalue weighted by atomic mass is 10.0. The van der Waals surface area contributed by atoms with Crippen molar-refractivity contribution >= 4 is 11.3 Å². The zero-order chi connectivity index (χ0) is 14.5. The van der Waals surface area contributed by atoms with Crippen molar-refractivity contribution in [3.05, 3.63) is 44.9 Å². The molecule has 0 amide bonds. The van der Waals surface area contributed by atoms with Crippen molar-refractivity contribution in [1.82, 2.24) is 15.5 Å². The normalized spacial score (nSPS) is 11.2. The van der Waals surface area contributed by atoms with E-state index >= 15 is 0 Å². The Morgan fingerprint density at radius 2 is 1.85 bits per heavy atom. The average Bonchev–Trinajstić information content (AvgIpc) is 2.81. The van der Waals surface area contributed by atoms with Gasteiger partial charge in [0.15, 0.2) is 0 Å². The van der Waals surface area contributed by atoms with Crippen LogP contribution in [0.25, 0.3) is 0 Å². The number of aromatic nitrogens is 2. The fourth-order valence-corrected chi connectivity index (χ4v) is 2.84. The van der Waals surface area contributed by atoms with Gasteiger partial charge in [0.1, 0.15) is 10.0 Å². The van der Waals surface area contributed by atoms with Crippen molar-refractivity contribution < 1.29 is 0 Å². The Morgan fingerprint density at radius 3 is 2.55 bits per heavy atom. The molecule has 0 saturated carbocycles. The summed E-state index contributed by atoms with van der Waals surface area (Å²) in [4.78, 5) is 0. The number of aryl methyl sites for hydroxylation is 2. The molecule has 2 rings (SSSR count). The lowest BCUT2D eigenvalue weighted by Gasteiger charge is -2.04. The minimum absolute atomic E-state index is 0.665. The second-order valence-corrected chi connectivity index (χ2v) is 6.86. The van der Waals surface area contributed by atoms with Crippen molar-refractivity contribution in [3.8, 4) is 0 Å². The van der Waals surface area contributed by atoms with Crippen molar-refractivity contribution in [3.63, 3.8) is 0 Å². The highest BCUT2D eigenvalue weighted by atomic mass is 32.1. The van der Waals surface area contributed by atoms with E-state index in [4.69, 9.17) is 0 Å². The molecule has 0 unspecified atom stereocenters. The number of rotatable bonds is 6. The number of nitrogens with one attached hydrogen (secondary N) is 1. The summed E-state index contributed by atoms with van der Waals surface area (Å²) in [6.07, 6.45) is 0.878. The van der Waals surface area contributed by atoms with Crippen LogP contribution in [0.2, 0.25) is 0 Å². The zero-order valence-corrected chi connectivity index (χ0v) is 13.5. The molecule has 1 heterocycles. The highest BCUT2D eigenvalue weighted by Crippen LogP contribution is 2.17. The molecule has 0 atom stereocenters. The van der Waals surface area contributed by atoms with Gasteiger partial charge in [-0.3, -0.25) is 0 Å². The summed E-state index contributed by atoms with van der Waals surface area (Å²) in [5.74, 6) is 0.665. The van der Waals surface area contributed by atoms with Gasteiger partial charge in [-0.25, -0.2) is 0 Å². The number of hydrogen-bond acceptors (Lipinski definition) is 4. The monoisotopic (exact) mass is 289 g/mol. The van der Waals surface area contributed by atoms with Crippen LogP contribution in [0.3, 0.4) is 0 Å². The van der Waals surface area contributed by atoms with E-state index in [1.807, 2.05) is 0 Å². The number of hydrogen-bond donors (Lipinski definition) is 1. The average molecular weight is 289 g/mol. The first kappa shape index (κ1) is 15.1. The maximum Gasteiger partial charge on any atom is 0.131 e. The van der Waals surface area contributed by atoms with Gasteiger partial charge >= 0.3 is 0 Å². The number of nitrogens with zero attached hydrogens (tertiary/aromatic N) is 2. The second-order valence-electron chi connectivity index (χ2n) is 5.71. The predicted octanol–water partition coefficient (Wildman–Crippen LogP) is 3.49. The largest absolute Gasteiger partial charge is 0.310 e. The van der Waals surface area contributed by atoms with Gasteiger partial charge in [0.2, 0.25) is 0 Å². The van der Waals surface area contributed by atoms with Crippen LogP contribution in [0, 0.1) is 19.8 Å². The maximum atomic E-state index is 4.29. The summed E-state index contributed by atoms with van der Waals surface area (Å²) in [6, 6.07) is 6.60. The van der Waals surface area contributed by atoms with Crippen molar-refractivity contribution in [2.75, 3.05) is 6.54 Å². The molecular weight excluding hydrogens is 266 g/mol. The molecule has 1 N–H and O–H groups in total. The smallest absolute Gasteiger partial charge is 0.131 e. The van der Waals surface area contributed by atoms with Crippen LogP contribution in [0.5, 0.6) is 0 Å². The Bertz CT molecular complexity index is 561. The van der Waals surface area contributed by atoms with E-state index in [9.17, 15) is 0 Å². The van der Waals surface area contributed by atoms with E-state index in [-0.39, 0.29) is 0 Å². The van der Waals surface area contributed by atoms with E-state index < -0.39 is 0 Å². The Hall–Kier alpha value is -1.26. The van der Waals surface area contributed by atoms with Gasteiger partial charge < -0.3 is 5.32 Å². The second kappa shape index (κ2) is 6.95. The Balaban J connectivity index is 1.93.